The molecule has 4 heteroatoms. The fourth-order valence-corrected chi connectivity index (χ4v) is 2.43. The van der Waals surface area contributed by atoms with E-state index in [0.29, 0.717) is 5.52 Å². The third kappa shape index (κ3) is 1.95. The molecule has 0 radical (unpaired) electrons. The number of fused-ring (bicyclic) bond motifs is 1. The van der Waals surface area contributed by atoms with Crippen molar-refractivity contribution in [2.45, 2.75) is 13.8 Å². The summed E-state index contributed by atoms with van der Waals surface area (Å²) >= 11 is 0. The van der Waals surface area contributed by atoms with E-state index < -0.39 is 5.97 Å². The van der Waals surface area contributed by atoms with Gasteiger partial charge in [-0.1, -0.05) is 12.1 Å². The first kappa shape index (κ1) is 12.4. The van der Waals surface area contributed by atoms with Crippen LogP contribution >= 0.6 is 0 Å². The number of aromatic nitrogens is 2. The van der Waals surface area contributed by atoms with Crippen molar-refractivity contribution < 1.29 is 9.90 Å². The molecule has 0 bridgehead atoms. The number of carbonyl (C=O) groups is 1. The average molecular weight is 266 g/mol. The SMILES string of the molecule is Cc1cccc(-n2c(C)nc3cc(C(=O)O)ccc32)c1. The number of aryl methyl sites for hydroxylation is 2. The zero-order valence-corrected chi connectivity index (χ0v) is 11.3. The number of nitrogens with zero attached hydrogens (tertiary/aromatic N) is 2. The molecule has 3 rings (SSSR count). The van der Waals surface area contributed by atoms with Gasteiger partial charge in [0.2, 0.25) is 0 Å². The number of benzene rings is 2. The van der Waals surface area contributed by atoms with Gasteiger partial charge in [-0.05, 0) is 49.7 Å². The van der Waals surface area contributed by atoms with Crippen LogP contribution in [-0.4, -0.2) is 20.6 Å². The summed E-state index contributed by atoms with van der Waals surface area (Å²) in [4.78, 5) is 15.5. The molecule has 0 fully saturated rings. The molecule has 0 spiro atoms. The molecular formula is C16H14N2O2. The molecule has 0 atom stereocenters. The summed E-state index contributed by atoms with van der Waals surface area (Å²) in [5.74, 6) is -0.0946. The first-order valence-electron chi connectivity index (χ1n) is 6.36. The Balaban J connectivity index is 2.26. The highest BCUT2D eigenvalue weighted by molar-refractivity contribution is 5.92. The Morgan fingerprint density at radius 3 is 2.65 bits per heavy atom. The number of hydrogen-bond acceptors (Lipinski definition) is 2. The smallest absolute Gasteiger partial charge is 0.335 e. The topological polar surface area (TPSA) is 55.1 Å². The predicted octanol–water partition coefficient (Wildman–Crippen LogP) is 3.34. The number of rotatable bonds is 2. The Bertz CT molecular complexity index is 818. The second kappa shape index (κ2) is 4.49. The lowest BCUT2D eigenvalue weighted by Crippen LogP contribution is -1.98. The van der Waals surface area contributed by atoms with Crippen LogP contribution in [0.5, 0.6) is 0 Å². The van der Waals surface area contributed by atoms with Crippen molar-refractivity contribution in [3.63, 3.8) is 0 Å². The molecule has 4 nitrogen and oxygen atoms in total. The van der Waals surface area contributed by atoms with E-state index in [1.165, 1.54) is 5.56 Å². The molecule has 1 N–H and O–H groups in total. The average Bonchev–Trinajstić information content (AvgIpc) is 2.73. The number of carboxylic acid groups (broad SMARTS) is 1. The van der Waals surface area contributed by atoms with Gasteiger partial charge >= 0.3 is 5.97 Å². The van der Waals surface area contributed by atoms with Crippen LogP contribution in [0.1, 0.15) is 21.7 Å². The second-order valence-corrected chi connectivity index (χ2v) is 4.84. The van der Waals surface area contributed by atoms with E-state index in [2.05, 4.69) is 11.1 Å². The first-order chi connectivity index (χ1) is 9.56. The quantitative estimate of drug-likeness (QED) is 0.774. The van der Waals surface area contributed by atoms with E-state index in [0.717, 1.165) is 17.0 Å². The zero-order valence-electron chi connectivity index (χ0n) is 11.3. The molecule has 0 aliphatic rings. The van der Waals surface area contributed by atoms with Crippen LogP contribution in [0.3, 0.4) is 0 Å². The summed E-state index contributed by atoms with van der Waals surface area (Å²) in [5.41, 5.74) is 4.08. The van der Waals surface area contributed by atoms with Gasteiger partial charge in [-0.25, -0.2) is 9.78 Å². The number of carboxylic acids is 1. The molecule has 0 saturated carbocycles. The van der Waals surface area contributed by atoms with Crippen LogP contribution in [0.15, 0.2) is 42.5 Å². The minimum absolute atomic E-state index is 0.256. The van der Waals surface area contributed by atoms with Crippen LogP contribution < -0.4 is 0 Å². The highest BCUT2D eigenvalue weighted by Crippen LogP contribution is 2.22. The lowest BCUT2D eigenvalue weighted by molar-refractivity contribution is 0.0697. The summed E-state index contributed by atoms with van der Waals surface area (Å²) in [6, 6.07) is 13.2. The van der Waals surface area contributed by atoms with Gasteiger partial charge in [0, 0.05) is 5.69 Å². The molecule has 0 saturated heterocycles. The highest BCUT2D eigenvalue weighted by Gasteiger charge is 2.12. The van der Waals surface area contributed by atoms with Gasteiger partial charge in [0.1, 0.15) is 5.82 Å². The predicted molar refractivity (Wildman–Crippen MR) is 77.5 cm³/mol. The molecule has 100 valence electrons. The van der Waals surface area contributed by atoms with Crippen LogP contribution in [-0.2, 0) is 0 Å². The van der Waals surface area contributed by atoms with Crippen molar-refractivity contribution >= 4 is 17.0 Å². The minimum atomic E-state index is -0.936. The van der Waals surface area contributed by atoms with Crippen molar-refractivity contribution in [2.75, 3.05) is 0 Å². The molecule has 1 aromatic heterocycles. The van der Waals surface area contributed by atoms with Gasteiger partial charge in [-0.15, -0.1) is 0 Å². The second-order valence-electron chi connectivity index (χ2n) is 4.84. The van der Waals surface area contributed by atoms with E-state index in [9.17, 15) is 4.79 Å². The zero-order chi connectivity index (χ0) is 14.3. The molecule has 3 aromatic rings. The van der Waals surface area contributed by atoms with Crippen LogP contribution in [0.25, 0.3) is 16.7 Å². The highest BCUT2D eigenvalue weighted by atomic mass is 16.4. The molecule has 0 amide bonds. The Labute approximate surface area is 116 Å². The molecule has 0 aliphatic carbocycles. The van der Waals surface area contributed by atoms with Crippen molar-refractivity contribution in [2.24, 2.45) is 0 Å². The Kier molecular flexibility index (Phi) is 2.79. The minimum Gasteiger partial charge on any atom is -0.478 e. The lowest BCUT2D eigenvalue weighted by atomic mass is 10.2. The normalized spacial score (nSPS) is 10.9. The van der Waals surface area contributed by atoms with Crippen molar-refractivity contribution in [1.29, 1.82) is 0 Å². The summed E-state index contributed by atoms with van der Waals surface area (Å²) in [6.07, 6.45) is 0. The lowest BCUT2D eigenvalue weighted by Gasteiger charge is -2.07. The van der Waals surface area contributed by atoms with E-state index in [1.807, 2.05) is 36.6 Å². The van der Waals surface area contributed by atoms with Gasteiger partial charge < -0.3 is 5.11 Å². The molecular weight excluding hydrogens is 252 g/mol. The Hall–Kier alpha value is -2.62. The third-order valence-corrected chi connectivity index (χ3v) is 3.33. The van der Waals surface area contributed by atoms with E-state index in [1.54, 1.807) is 18.2 Å². The van der Waals surface area contributed by atoms with Crippen molar-refractivity contribution in [3.8, 4) is 5.69 Å². The largest absolute Gasteiger partial charge is 0.478 e. The molecule has 0 aliphatic heterocycles. The van der Waals surface area contributed by atoms with E-state index in [-0.39, 0.29) is 5.56 Å². The monoisotopic (exact) mass is 266 g/mol. The summed E-state index contributed by atoms with van der Waals surface area (Å²) in [5, 5.41) is 9.04. The first-order valence-corrected chi connectivity index (χ1v) is 6.36. The molecule has 20 heavy (non-hydrogen) atoms. The van der Waals surface area contributed by atoms with Crippen LogP contribution in [0, 0.1) is 13.8 Å². The standard InChI is InChI=1S/C16H14N2O2/c1-10-4-3-5-13(8-10)18-11(2)17-14-9-12(16(19)20)6-7-15(14)18/h3-9H,1-2H3,(H,19,20). The fourth-order valence-electron chi connectivity index (χ4n) is 2.43. The molecule has 1 heterocycles. The summed E-state index contributed by atoms with van der Waals surface area (Å²) in [6.45, 7) is 3.96. The van der Waals surface area contributed by atoms with Gasteiger partial charge in [0.15, 0.2) is 0 Å². The van der Waals surface area contributed by atoms with Crippen LogP contribution in [0.4, 0.5) is 0 Å². The summed E-state index contributed by atoms with van der Waals surface area (Å²) in [7, 11) is 0. The maximum absolute atomic E-state index is 11.0. The summed E-state index contributed by atoms with van der Waals surface area (Å²) < 4.78 is 2.04. The van der Waals surface area contributed by atoms with Gasteiger partial charge in [-0.3, -0.25) is 4.57 Å². The van der Waals surface area contributed by atoms with Crippen molar-refractivity contribution in [3.05, 3.63) is 59.4 Å². The van der Waals surface area contributed by atoms with Crippen molar-refractivity contribution in [1.82, 2.24) is 9.55 Å². The number of hydrogen-bond donors (Lipinski definition) is 1. The fraction of sp³-hybridized carbons (Fsp3) is 0.125. The Morgan fingerprint density at radius 1 is 1.15 bits per heavy atom. The van der Waals surface area contributed by atoms with Crippen LogP contribution in [0.2, 0.25) is 0 Å². The molecule has 0 unspecified atom stereocenters. The Morgan fingerprint density at radius 2 is 1.95 bits per heavy atom. The van der Waals surface area contributed by atoms with E-state index >= 15 is 0 Å². The van der Waals surface area contributed by atoms with E-state index in [4.69, 9.17) is 5.11 Å². The van der Waals surface area contributed by atoms with Gasteiger partial charge in [0.05, 0.1) is 16.6 Å². The number of aromatic carboxylic acids is 1. The maximum Gasteiger partial charge on any atom is 0.335 e. The maximum atomic E-state index is 11.0. The van der Waals surface area contributed by atoms with Gasteiger partial charge in [0.25, 0.3) is 0 Å². The van der Waals surface area contributed by atoms with Gasteiger partial charge in [-0.2, -0.15) is 0 Å². The molecule has 2 aromatic carbocycles. The number of imidazole rings is 1. The third-order valence-electron chi connectivity index (χ3n) is 3.33.